The van der Waals surface area contributed by atoms with Crippen LogP contribution in [0.2, 0.25) is 20.1 Å². The Balaban J connectivity index is 1.99. The van der Waals surface area contributed by atoms with Crippen LogP contribution in [0.15, 0.2) is 30.3 Å². The lowest BCUT2D eigenvalue weighted by Gasteiger charge is -2.11. The average molecular weight is 393 g/mol. The van der Waals surface area contributed by atoms with Crippen molar-refractivity contribution < 1.29 is 9.53 Å². The number of benzene rings is 2. The van der Waals surface area contributed by atoms with E-state index in [0.717, 1.165) is 12.0 Å². The summed E-state index contributed by atoms with van der Waals surface area (Å²) in [4.78, 5) is 12.0. The Morgan fingerprint density at radius 2 is 1.70 bits per heavy atom. The smallest absolute Gasteiger partial charge is 0.262 e. The molecule has 0 aliphatic carbocycles. The minimum absolute atomic E-state index is 0.165. The van der Waals surface area contributed by atoms with Gasteiger partial charge in [-0.05, 0) is 42.3 Å². The number of hydrogen-bond acceptors (Lipinski definition) is 2. The molecule has 0 aliphatic heterocycles. The molecule has 2 aromatic rings. The van der Waals surface area contributed by atoms with Gasteiger partial charge >= 0.3 is 0 Å². The first-order valence-corrected chi connectivity index (χ1v) is 8.27. The molecule has 0 saturated heterocycles. The van der Waals surface area contributed by atoms with E-state index in [4.69, 9.17) is 51.1 Å². The first-order chi connectivity index (χ1) is 10.9. The Bertz CT molecular complexity index is 734. The molecule has 7 heteroatoms. The molecule has 0 spiro atoms. The summed E-state index contributed by atoms with van der Waals surface area (Å²) >= 11 is 23.8. The second-order valence-corrected chi connectivity index (χ2v) is 6.32. The molecule has 1 amide bonds. The van der Waals surface area contributed by atoms with Crippen molar-refractivity contribution in [3.63, 3.8) is 0 Å². The Labute approximate surface area is 154 Å². The van der Waals surface area contributed by atoms with Gasteiger partial charge in [0.15, 0.2) is 6.61 Å². The van der Waals surface area contributed by atoms with Crippen molar-refractivity contribution in [2.45, 2.75) is 13.3 Å². The number of amides is 1. The zero-order valence-electron chi connectivity index (χ0n) is 12.1. The minimum atomic E-state index is -0.363. The van der Waals surface area contributed by atoms with Crippen molar-refractivity contribution in [1.29, 1.82) is 0 Å². The molecule has 2 aromatic carbocycles. The van der Waals surface area contributed by atoms with Gasteiger partial charge in [0.1, 0.15) is 5.75 Å². The molecule has 122 valence electrons. The summed E-state index contributed by atoms with van der Waals surface area (Å²) in [6, 6.07) is 8.21. The maximum Gasteiger partial charge on any atom is 0.262 e. The molecule has 0 radical (unpaired) electrons. The lowest BCUT2D eigenvalue weighted by atomic mass is 10.1. The summed E-state index contributed by atoms with van der Waals surface area (Å²) in [6.45, 7) is 1.82. The van der Waals surface area contributed by atoms with Crippen LogP contribution in [0.3, 0.4) is 0 Å². The van der Waals surface area contributed by atoms with Crippen LogP contribution in [-0.2, 0) is 11.2 Å². The highest BCUT2D eigenvalue weighted by atomic mass is 35.5. The van der Waals surface area contributed by atoms with Crippen LogP contribution in [0.1, 0.15) is 12.5 Å². The Kier molecular flexibility index (Phi) is 6.42. The van der Waals surface area contributed by atoms with Crippen LogP contribution in [0.4, 0.5) is 5.69 Å². The second-order valence-electron chi connectivity index (χ2n) is 4.69. The van der Waals surface area contributed by atoms with E-state index in [1.54, 1.807) is 12.1 Å². The number of rotatable bonds is 5. The topological polar surface area (TPSA) is 38.3 Å². The first kappa shape index (κ1) is 18.2. The van der Waals surface area contributed by atoms with Crippen molar-refractivity contribution in [2.24, 2.45) is 0 Å². The van der Waals surface area contributed by atoms with Gasteiger partial charge in [0, 0.05) is 5.02 Å². The quantitative estimate of drug-likeness (QED) is 0.645. The predicted molar refractivity (Wildman–Crippen MR) is 96.4 cm³/mol. The predicted octanol–water partition coefficient (Wildman–Crippen LogP) is 5.88. The first-order valence-electron chi connectivity index (χ1n) is 6.76. The SMILES string of the molecule is CCc1cc(OCC(=O)Nc2cc(Cl)c(Cl)cc2Cl)ccc1Cl. The Morgan fingerprint density at radius 3 is 2.39 bits per heavy atom. The molecule has 23 heavy (non-hydrogen) atoms. The lowest BCUT2D eigenvalue weighted by molar-refractivity contribution is -0.118. The zero-order chi connectivity index (χ0) is 17.0. The highest BCUT2D eigenvalue weighted by Crippen LogP contribution is 2.32. The number of ether oxygens (including phenoxy) is 1. The van der Waals surface area contributed by atoms with Gasteiger partial charge in [0.25, 0.3) is 5.91 Å². The number of nitrogens with one attached hydrogen (secondary N) is 1. The van der Waals surface area contributed by atoms with Gasteiger partial charge in [0.2, 0.25) is 0 Å². The highest BCUT2D eigenvalue weighted by molar-refractivity contribution is 6.44. The molecule has 0 heterocycles. The van der Waals surface area contributed by atoms with Gasteiger partial charge in [-0.3, -0.25) is 4.79 Å². The van der Waals surface area contributed by atoms with Crippen molar-refractivity contribution in [3.05, 3.63) is 56.0 Å². The van der Waals surface area contributed by atoms with Crippen LogP contribution >= 0.6 is 46.4 Å². The van der Waals surface area contributed by atoms with Gasteiger partial charge in [-0.15, -0.1) is 0 Å². The largest absolute Gasteiger partial charge is 0.484 e. The van der Waals surface area contributed by atoms with Crippen LogP contribution in [0, 0.1) is 0 Å². The molecule has 2 rings (SSSR count). The zero-order valence-corrected chi connectivity index (χ0v) is 15.2. The number of hydrogen-bond donors (Lipinski definition) is 1. The molecular formula is C16H13Cl4NO2. The van der Waals surface area contributed by atoms with E-state index in [0.29, 0.717) is 31.5 Å². The monoisotopic (exact) mass is 391 g/mol. The number of anilines is 1. The number of carbonyl (C=O) groups excluding carboxylic acids is 1. The molecular weight excluding hydrogens is 380 g/mol. The van der Waals surface area contributed by atoms with Crippen molar-refractivity contribution in [2.75, 3.05) is 11.9 Å². The van der Waals surface area contributed by atoms with E-state index < -0.39 is 0 Å². The fourth-order valence-electron chi connectivity index (χ4n) is 1.87. The van der Waals surface area contributed by atoms with E-state index in [-0.39, 0.29) is 12.5 Å². The van der Waals surface area contributed by atoms with Crippen molar-refractivity contribution in [3.8, 4) is 5.75 Å². The summed E-state index contributed by atoms with van der Waals surface area (Å²) in [5.74, 6) is 0.208. The fraction of sp³-hybridized carbons (Fsp3) is 0.188. The Hall–Kier alpha value is -1.13. The number of aryl methyl sites for hydroxylation is 1. The molecule has 0 atom stereocenters. The van der Waals surface area contributed by atoms with Crippen LogP contribution in [0.5, 0.6) is 5.75 Å². The van der Waals surface area contributed by atoms with E-state index in [1.165, 1.54) is 12.1 Å². The number of halogens is 4. The average Bonchev–Trinajstić information content (AvgIpc) is 2.51. The molecule has 0 saturated carbocycles. The van der Waals surface area contributed by atoms with E-state index >= 15 is 0 Å². The van der Waals surface area contributed by atoms with Gasteiger partial charge in [-0.1, -0.05) is 53.3 Å². The summed E-state index contributed by atoms with van der Waals surface area (Å²) in [6.07, 6.45) is 0.779. The molecule has 1 N–H and O–H groups in total. The molecule has 0 aliphatic rings. The van der Waals surface area contributed by atoms with Gasteiger partial charge in [-0.25, -0.2) is 0 Å². The Morgan fingerprint density at radius 1 is 1.00 bits per heavy atom. The third kappa shape index (κ3) is 4.92. The lowest BCUT2D eigenvalue weighted by Crippen LogP contribution is -2.20. The normalized spacial score (nSPS) is 10.5. The van der Waals surface area contributed by atoms with Crippen LogP contribution in [0.25, 0.3) is 0 Å². The van der Waals surface area contributed by atoms with Crippen molar-refractivity contribution >= 4 is 58.0 Å². The summed E-state index contributed by atoms with van der Waals surface area (Å²) in [7, 11) is 0. The minimum Gasteiger partial charge on any atom is -0.484 e. The third-order valence-electron chi connectivity index (χ3n) is 3.05. The standard InChI is InChI=1S/C16H13Cl4NO2/c1-2-9-5-10(3-4-11(9)17)23-8-16(22)21-15-7-13(19)12(18)6-14(15)20/h3-7H,2,8H2,1H3,(H,21,22). The maximum atomic E-state index is 12.0. The summed E-state index contributed by atoms with van der Waals surface area (Å²) < 4.78 is 5.46. The molecule has 0 aromatic heterocycles. The van der Waals surface area contributed by atoms with Gasteiger partial charge in [0.05, 0.1) is 20.8 Å². The van der Waals surface area contributed by atoms with E-state index in [1.807, 2.05) is 13.0 Å². The van der Waals surface area contributed by atoms with Crippen molar-refractivity contribution in [1.82, 2.24) is 0 Å². The van der Waals surface area contributed by atoms with E-state index in [2.05, 4.69) is 5.32 Å². The highest BCUT2D eigenvalue weighted by Gasteiger charge is 2.10. The molecule has 3 nitrogen and oxygen atoms in total. The molecule has 0 bridgehead atoms. The summed E-state index contributed by atoms with van der Waals surface area (Å²) in [5, 5.41) is 4.22. The van der Waals surface area contributed by atoms with Crippen LogP contribution < -0.4 is 10.1 Å². The number of carbonyl (C=O) groups is 1. The fourth-order valence-corrected chi connectivity index (χ4v) is 2.71. The summed E-state index contributed by atoms with van der Waals surface area (Å²) in [5.41, 5.74) is 1.33. The van der Waals surface area contributed by atoms with E-state index in [9.17, 15) is 4.79 Å². The van der Waals surface area contributed by atoms with Gasteiger partial charge in [-0.2, -0.15) is 0 Å². The maximum absolute atomic E-state index is 12.0. The molecule has 0 unspecified atom stereocenters. The second kappa shape index (κ2) is 8.11. The molecule has 0 fully saturated rings. The third-order valence-corrected chi connectivity index (χ3v) is 4.46. The van der Waals surface area contributed by atoms with Gasteiger partial charge < -0.3 is 10.1 Å². The van der Waals surface area contributed by atoms with Crippen LogP contribution in [-0.4, -0.2) is 12.5 Å².